The lowest BCUT2D eigenvalue weighted by molar-refractivity contribution is 0.0945. The minimum Gasteiger partial charge on any atom is -0.345 e. The highest BCUT2D eigenvalue weighted by Gasteiger charge is 2.29. The van der Waals surface area contributed by atoms with Gasteiger partial charge in [-0.25, -0.2) is 14.3 Å². The summed E-state index contributed by atoms with van der Waals surface area (Å²) < 4.78 is 27.4. The number of aryl methyl sites for hydroxylation is 1. The second-order valence-electron chi connectivity index (χ2n) is 4.26. The average Bonchev–Trinajstić information content (AvgIpc) is 2.97. The SMILES string of the molecule is Cn1cc(S(=O)(=O)N2CCCC2)cc1C(=O)NN. The molecule has 0 saturated carbocycles. The number of hydrogen-bond donors (Lipinski definition) is 2. The molecule has 2 heterocycles. The fourth-order valence-electron chi connectivity index (χ4n) is 2.05. The van der Waals surface area contributed by atoms with Gasteiger partial charge in [0.2, 0.25) is 10.0 Å². The predicted molar refractivity (Wildman–Crippen MR) is 65.1 cm³/mol. The summed E-state index contributed by atoms with van der Waals surface area (Å²) in [6, 6.07) is 1.34. The van der Waals surface area contributed by atoms with Crippen molar-refractivity contribution in [3.8, 4) is 0 Å². The minimum atomic E-state index is -3.49. The molecule has 100 valence electrons. The van der Waals surface area contributed by atoms with E-state index in [9.17, 15) is 13.2 Å². The van der Waals surface area contributed by atoms with Gasteiger partial charge in [0.05, 0.1) is 0 Å². The number of carbonyl (C=O) groups excluding carboxylic acids is 1. The second-order valence-corrected chi connectivity index (χ2v) is 6.19. The van der Waals surface area contributed by atoms with E-state index in [-0.39, 0.29) is 10.6 Å². The fraction of sp³-hybridized carbons (Fsp3) is 0.500. The van der Waals surface area contributed by atoms with Crippen LogP contribution in [0.2, 0.25) is 0 Å². The van der Waals surface area contributed by atoms with Gasteiger partial charge in [-0.1, -0.05) is 0 Å². The lowest BCUT2D eigenvalue weighted by atomic mass is 10.4. The second kappa shape index (κ2) is 4.71. The van der Waals surface area contributed by atoms with Crippen LogP contribution in [0.15, 0.2) is 17.2 Å². The Kier molecular flexibility index (Phi) is 3.42. The van der Waals surface area contributed by atoms with Crippen molar-refractivity contribution in [2.75, 3.05) is 13.1 Å². The number of carbonyl (C=O) groups is 1. The molecule has 3 N–H and O–H groups in total. The third-order valence-electron chi connectivity index (χ3n) is 3.05. The predicted octanol–water partition coefficient (Wildman–Crippen LogP) is -0.587. The molecule has 0 spiro atoms. The average molecular weight is 272 g/mol. The lowest BCUT2D eigenvalue weighted by Gasteiger charge is -2.13. The molecule has 1 amide bonds. The highest BCUT2D eigenvalue weighted by Crippen LogP contribution is 2.22. The molecule has 1 fully saturated rings. The minimum absolute atomic E-state index is 0.130. The number of rotatable bonds is 3. The van der Waals surface area contributed by atoms with Crippen molar-refractivity contribution >= 4 is 15.9 Å². The molecule has 0 aromatic carbocycles. The molecule has 1 aromatic heterocycles. The van der Waals surface area contributed by atoms with Gasteiger partial charge in [-0.3, -0.25) is 10.2 Å². The molecule has 8 heteroatoms. The van der Waals surface area contributed by atoms with Crippen molar-refractivity contribution < 1.29 is 13.2 Å². The van der Waals surface area contributed by atoms with Crippen LogP contribution in [-0.2, 0) is 17.1 Å². The molecule has 0 bridgehead atoms. The maximum Gasteiger partial charge on any atom is 0.281 e. The Morgan fingerprint density at radius 2 is 2.00 bits per heavy atom. The number of amides is 1. The van der Waals surface area contributed by atoms with E-state index in [1.165, 1.54) is 21.1 Å². The lowest BCUT2D eigenvalue weighted by Crippen LogP contribution is -2.31. The monoisotopic (exact) mass is 272 g/mol. The van der Waals surface area contributed by atoms with Gasteiger partial charge >= 0.3 is 0 Å². The Hall–Kier alpha value is -1.38. The van der Waals surface area contributed by atoms with Crippen LogP contribution in [-0.4, -0.2) is 36.3 Å². The van der Waals surface area contributed by atoms with Crippen molar-refractivity contribution in [1.82, 2.24) is 14.3 Å². The van der Waals surface area contributed by atoms with Gasteiger partial charge in [0.15, 0.2) is 0 Å². The van der Waals surface area contributed by atoms with E-state index in [2.05, 4.69) is 0 Å². The van der Waals surface area contributed by atoms with Crippen LogP contribution in [0.1, 0.15) is 23.3 Å². The molecule has 2 rings (SSSR count). The molecule has 0 unspecified atom stereocenters. The Labute approximate surface area is 106 Å². The van der Waals surface area contributed by atoms with E-state index in [1.54, 1.807) is 7.05 Å². The van der Waals surface area contributed by atoms with Crippen LogP contribution in [0.3, 0.4) is 0 Å². The zero-order chi connectivity index (χ0) is 13.3. The largest absolute Gasteiger partial charge is 0.345 e. The Morgan fingerprint density at radius 1 is 1.39 bits per heavy atom. The van der Waals surface area contributed by atoms with Crippen LogP contribution in [0.25, 0.3) is 0 Å². The van der Waals surface area contributed by atoms with E-state index in [4.69, 9.17) is 5.84 Å². The molecule has 0 atom stereocenters. The van der Waals surface area contributed by atoms with Gasteiger partial charge < -0.3 is 4.57 Å². The third kappa shape index (κ3) is 2.14. The molecule has 0 radical (unpaired) electrons. The summed E-state index contributed by atoms with van der Waals surface area (Å²) in [5.41, 5.74) is 2.21. The first kappa shape index (κ1) is 13.1. The van der Waals surface area contributed by atoms with Crippen molar-refractivity contribution in [2.24, 2.45) is 12.9 Å². The normalized spacial score (nSPS) is 17.0. The zero-order valence-corrected chi connectivity index (χ0v) is 10.9. The summed E-state index contributed by atoms with van der Waals surface area (Å²) in [6.45, 7) is 1.07. The number of hydrazine groups is 1. The van der Waals surface area contributed by atoms with Gasteiger partial charge in [0.1, 0.15) is 10.6 Å². The van der Waals surface area contributed by atoms with Crippen LogP contribution >= 0.6 is 0 Å². The van der Waals surface area contributed by atoms with E-state index >= 15 is 0 Å². The first-order chi connectivity index (χ1) is 8.46. The third-order valence-corrected chi connectivity index (χ3v) is 4.91. The topological polar surface area (TPSA) is 97.4 Å². The van der Waals surface area contributed by atoms with Crippen molar-refractivity contribution in [1.29, 1.82) is 0 Å². The van der Waals surface area contributed by atoms with Gasteiger partial charge in [-0.2, -0.15) is 4.31 Å². The number of aromatic nitrogens is 1. The van der Waals surface area contributed by atoms with E-state index in [1.807, 2.05) is 5.43 Å². The summed E-state index contributed by atoms with van der Waals surface area (Å²) >= 11 is 0. The Morgan fingerprint density at radius 3 is 2.56 bits per heavy atom. The zero-order valence-electron chi connectivity index (χ0n) is 10.1. The summed E-state index contributed by atoms with van der Waals surface area (Å²) in [5.74, 6) is 4.53. The van der Waals surface area contributed by atoms with E-state index in [0.717, 1.165) is 12.8 Å². The van der Waals surface area contributed by atoms with Crippen LogP contribution in [0.5, 0.6) is 0 Å². The highest BCUT2D eigenvalue weighted by atomic mass is 32.2. The summed E-state index contributed by atoms with van der Waals surface area (Å²) in [4.78, 5) is 11.6. The summed E-state index contributed by atoms with van der Waals surface area (Å²) in [5, 5.41) is 0. The van der Waals surface area contributed by atoms with E-state index in [0.29, 0.717) is 13.1 Å². The van der Waals surface area contributed by atoms with Crippen molar-refractivity contribution in [3.05, 3.63) is 18.0 Å². The molecule has 1 aliphatic rings. The molecular weight excluding hydrogens is 256 g/mol. The fourth-order valence-corrected chi connectivity index (χ4v) is 3.64. The van der Waals surface area contributed by atoms with Gasteiger partial charge in [0, 0.05) is 26.3 Å². The summed E-state index contributed by atoms with van der Waals surface area (Å²) in [7, 11) is -1.89. The highest BCUT2D eigenvalue weighted by molar-refractivity contribution is 7.89. The van der Waals surface area contributed by atoms with Crippen LogP contribution < -0.4 is 11.3 Å². The number of nitrogens with two attached hydrogens (primary N) is 1. The number of nitrogen functional groups attached to an aromatic ring is 1. The number of sulfonamides is 1. The van der Waals surface area contributed by atoms with Crippen molar-refractivity contribution in [2.45, 2.75) is 17.7 Å². The number of hydrogen-bond acceptors (Lipinski definition) is 4. The quantitative estimate of drug-likeness (QED) is 0.437. The molecule has 0 aliphatic carbocycles. The molecule has 1 aromatic rings. The van der Waals surface area contributed by atoms with Gasteiger partial charge in [-0.05, 0) is 18.9 Å². The smallest absolute Gasteiger partial charge is 0.281 e. The Bertz CT molecular complexity index is 558. The maximum atomic E-state index is 12.3. The molecule has 1 saturated heterocycles. The standard InChI is InChI=1S/C10H16N4O3S/c1-13-7-8(6-9(13)10(15)12-11)18(16,17)14-4-2-3-5-14/h6-7H,2-5,11H2,1H3,(H,12,15). The van der Waals surface area contributed by atoms with Crippen molar-refractivity contribution in [3.63, 3.8) is 0 Å². The molecule has 1 aliphatic heterocycles. The van der Waals surface area contributed by atoms with Gasteiger partial charge in [0.25, 0.3) is 5.91 Å². The first-order valence-electron chi connectivity index (χ1n) is 5.64. The summed E-state index contributed by atoms with van der Waals surface area (Å²) in [6.07, 6.45) is 3.18. The molecular formula is C10H16N4O3S. The first-order valence-corrected chi connectivity index (χ1v) is 7.08. The van der Waals surface area contributed by atoms with Crippen LogP contribution in [0, 0.1) is 0 Å². The maximum absolute atomic E-state index is 12.3. The van der Waals surface area contributed by atoms with Gasteiger partial charge in [-0.15, -0.1) is 0 Å². The molecule has 18 heavy (non-hydrogen) atoms. The van der Waals surface area contributed by atoms with E-state index < -0.39 is 15.9 Å². The number of nitrogens with one attached hydrogen (secondary N) is 1. The molecule has 7 nitrogen and oxygen atoms in total. The number of nitrogens with zero attached hydrogens (tertiary/aromatic N) is 2. The Balaban J connectivity index is 2.37. The van der Waals surface area contributed by atoms with Crippen LogP contribution in [0.4, 0.5) is 0 Å².